The minimum atomic E-state index is -0.497. The fraction of sp³-hybridized carbons (Fsp3) is 0.200. The van der Waals surface area contributed by atoms with Gasteiger partial charge in [-0.1, -0.05) is 36.4 Å². The highest BCUT2D eigenvalue weighted by atomic mass is 32.2. The summed E-state index contributed by atoms with van der Waals surface area (Å²) in [6.45, 7) is 0.197. The third-order valence-electron chi connectivity index (χ3n) is 4.17. The van der Waals surface area contributed by atoms with Gasteiger partial charge in [-0.15, -0.1) is 11.8 Å². The summed E-state index contributed by atoms with van der Waals surface area (Å²) in [5.41, 5.74) is 1.40. The molecule has 1 aliphatic rings. The Morgan fingerprint density at radius 2 is 1.93 bits per heavy atom. The first-order chi connectivity index (χ1) is 14.0. The number of benzene rings is 2. The molecule has 0 spiro atoms. The first-order valence-electron chi connectivity index (χ1n) is 8.81. The molecular formula is C20H18N2O5S2. The fourth-order valence-corrected chi connectivity index (χ4v) is 4.40. The second-order valence-corrected chi connectivity index (χ2v) is 8.26. The normalized spacial score (nSPS) is 15.3. The van der Waals surface area contributed by atoms with Gasteiger partial charge in [0.1, 0.15) is 0 Å². The predicted octanol–water partition coefficient (Wildman–Crippen LogP) is 3.96. The average molecular weight is 431 g/mol. The standard InChI is InChI=1S/C20H18N2O5S2/c23-10-11-28-17-7-6-15(12-16(17)22(26)27)13-18-19(24)21(20(25)29-18)9-8-14-4-2-1-3-5-14/h1-7,12-13,23H,8-11H2. The van der Waals surface area contributed by atoms with Gasteiger partial charge in [0, 0.05) is 18.4 Å². The van der Waals surface area contributed by atoms with Gasteiger partial charge in [0.05, 0.1) is 21.3 Å². The van der Waals surface area contributed by atoms with Crippen molar-refractivity contribution in [3.63, 3.8) is 0 Å². The zero-order chi connectivity index (χ0) is 20.8. The number of carbonyl (C=O) groups is 2. The Labute approximate surface area is 175 Å². The number of nitro benzene ring substituents is 1. The Balaban J connectivity index is 1.76. The molecule has 0 atom stereocenters. The Hall–Kier alpha value is -2.62. The summed E-state index contributed by atoms with van der Waals surface area (Å²) in [6.07, 6.45) is 2.06. The number of nitro groups is 1. The number of thioether (sulfide) groups is 2. The van der Waals surface area contributed by atoms with E-state index in [2.05, 4.69) is 0 Å². The highest BCUT2D eigenvalue weighted by molar-refractivity contribution is 8.18. The monoisotopic (exact) mass is 430 g/mol. The fourth-order valence-electron chi connectivity index (χ4n) is 2.77. The number of carbonyl (C=O) groups excluding carboxylic acids is 2. The molecule has 9 heteroatoms. The maximum absolute atomic E-state index is 12.6. The van der Waals surface area contributed by atoms with Crippen LogP contribution in [0.15, 0.2) is 58.3 Å². The van der Waals surface area contributed by atoms with E-state index >= 15 is 0 Å². The highest BCUT2D eigenvalue weighted by Gasteiger charge is 2.34. The molecule has 1 fully saturated rings. The lowest BCUT2D eigenvalue weighted by molar-refractivity contribution is -0.387. The van der Waals surface area contributed by atoms with Gasteiger partial charge in [-0.3, -0.25) is 24.6 Å². The minimum absolute atomic E-state index is 0.0836. The molecule has 2 amide bonds. The number of aliphatic hydroxyl groups is 1. The summed E-state index contributed by atoms with van der Waals surface area (Å²) in [7, 11) is 0. The second-order valence-electron chi connectivity index (χ2n) is 6.13. The van der Waals surface area contributed by atoms with Crippen molar-refractivity contribution in [1.82, 2.24) is 4.90 Å². The van der Waals surface area contributed by atoms with Gasteiger partial charge in [-0.25, -0.2) is 0 Å². The van der Waals surface area contributed by atoms with E-state index in [1.165, 1.54) is 28.8 Å². The molecule has 3 rings (SSSR count). The molecule has 2 aromatic carbocycles. The van der Waals surface area contributed by atoms with E-state index in [9.17, 15) is 19.7 Å². The van der Waals surface area contributed by atoms with Gasteiger partial charge >= 0.3 is 0 Å². The van der Waals surface area contributed by atoms with Crippen LogP contribution in [0, 0.1) is 10.1 Å². The maximum atomic E-state index is 12.6. The molecule has 0 bridgehead atoms. The molecule has 0 aliphatic carbocycles. The minimum Gasteiger partial charge on any atom is -0.396 e. The van der Waals surface area contributed by atoms with Crippen molar-refractivity contribution < 1.29 is 19.6 Å². The topological polar surface area (TPSA) is 101 Å². The lowest BCUT2D eigenvalue weighted by atomic mass is 10.1. The van der Waals surface area contributed by atoms with Crippen LogP contribution >= 0.6 is 23.5 Å². The molecule has 2 aromatic rings. The molecule has 1 N–H and O–H groups in total. The van der Waals surface area contributed by atoms with Crippen molar-refractivity contribution in [2.75, 3.05) is 18.9 Å². The summed E-state index contributed by atoms with van der Waals surface area (Å²) in [5.74, 6) is -0.0437. The molecule has 1 heterocycles. The van der Waals surface area contributed by atoms with Gasteiger partial charge in [0.25, 0.3) is 16.8 Å². The second kappa shape index (κ2) is 9.73. The van der Waals surface area contributed by atoms with E-state index in [1.54, 1.807) is 12.1 Å². The molecule has 0 unspecified atom stereocenters. The summed E-state index contributed by atoms with van der Waals surface area (Å²) < 4.78 is 0. The quantitative estimate of drug-likeness (QED) is 0.293. The number of imide groups is 1. The van der Waals surface area contributed by atoms with Crippen LogP contribution in [0.4, 0.5) is 10.5 Å². The van der Waals surface area contributed by atoms with Crippen LogP contribution < -0.4 is 0 Å². The van der Waals surface area contributed by atoms with Crippen molar-refractivity contribution in [3.05, 3.63) is 74.7 Å². The smallest absolute Gasteiger partial charge is 0.293 e. The summed E-state index contributed by atoms with van der Waals surface area (Å²) >= 11 is 2.02. The van der Waals surface area contributed by atoms with Crippen LogP contribution in [0.5, 0.6) is 0 Å². The summed E-state index contributed by atoms with van der Waals surface area (Å²) in [5, 5.41) is 19.9. The molecule has 0 saturated carbocycles. The van der Waals surface area contributed by atoms with Crippen molar-refractivity contribution in [3.8, 4) is 0 Å². The SMILES string of the molecule is O=C1SC(=Cc2ccc(SCCO)c([N+](=O)[O-])c2)C(=O)N1CCc1ccccc1. The van der Waals surface area contributed by atoms with E-state index in [4.69, 9.17) is 5.11 Å². The number of nitrogens with zero attached hydrogens (tertiary/aromatic N) is 2. The molecule has 0 aromatic heterocycles. The first-order valence-corrected chi connectivity index (χ1v) is 10.6. The molecule has 150 valence electrons. The number of hydrogen-bond acceptors (Lipinski definition) is 7. The van der Waals surface area contributed by atoms with Crippen LogP contribution in [-0.2, 0) is 11.2 Å². The molecular weight excluding hydrogens is 412 g/mol. The van der Waals surface area contributed by atoms with E-state index in [1.807, 2.05) is 30.3 Å². The van der Waals surface area contributed by atoms with Crippen molar-refractivity contribution in [1.29, 1.82) is 0 Å². The first kappa shape index (κ1) is 21.1. The Morgan fingerprint density at radius 1 is 1.17 bits per heavy atom. The molecule has 7 nitrogen and oxygen atoms in total. The van der Waals surface area contributed by atoms with Crippen molar-refractivity contribution in [2.45, 2.75) is 11.3 Å². The molecule has 1 aliphatic heterocycles. The predicted molar refractivity (Wildman–Crippen MR) is 114 cm³/mol. The van der Waals surface area contributed by atoms with E-state index < -0.39 is 10.8 Å². The average Bonchev–Trinajstić information content (AvgIpc) is 2.98. The van der Waals surface area contributed by atoms with Gasteiger partial charge in [-0.05, 0) is 41.5 Å². The van der Waals surface area contributed by atoms with E-state index in [-0.39, 0.29) is 29.0 Å². The van der Waals surface area contributed by atoms with E-state index in [0.717, 1.165) is 17.3 Å². The zero-order valence-corrected chi connectivity index (χ0v) is 16.9. The van der Waals surface area contributed by atoms with Gasteiger partial charge in [-0.2, -0.15) is 0 Å². The summed E-state index contributed by atoms with van der Waals surface area (Å²) in [4.78, 5) is 37.6. The Bertz CT molecular complexity index is 963. The van der Waals surface area contributed by atoms with Crippen LogP contribution in [0.1, 0.15) is 11.1 Å². The van der Waals surface area contributed by atoms with Crippen molar-refractivity contribution >= 4 is 46.4 Å². The molecule has 0 radical (unpaired) electrons. The maximum Gasteiger partial charge on any atom is 0.293 e. The highest BCUT2D eigenvalue weighted by Crippen LogP contribution is 2.35. The third kappa shape index (κ3) is 5.26. The molecule has 29 heavy (non-hydrogen) atoms. The van der Waals surface area contributed by atoms with E-state index in [0.29, 0.717) is 22.6 Å². The Morgan fingerprint density at radius 3 is 2.62 bits per heavy atom. The summed E-state index contributed by atoms with van der Waals surface area (Å²) in [6, 6.07) is 14.2. The van der Waals surface area contributed by atoms with Gasteiger partial charge < -0.3 is 5.11 Å². The largest absolute Gasteiger partial charge is 0.396 e. The lowest BCUT2D eigenvalue weighted by Gasteiger charge is -2.12. The van der Waals surface area contributed by atoms with Crippen LogP contribution in [0.2, 0.25) is 0 Å². The van der Waals surface area contributed by atoms with Gasteiger partial charge in [0.15, 0.2) is 0 Å². The number of rotatable bonds is 8. The van der Waals surface area contributed by atoms with Crippen LogP contribution in [0.25, 0.3) is 6.08 Å². The molecule has 1 saturated heterocycles. The zero-order valence-electron chi connectivity index (χ0n) is 15.3. The van der Waals surface area contributed by atoms with Crippen LogP contribution in [-0.4, -0.2) is 45.0 Å². The van der Waals surface area contributed by atoms with Gasteiger partial charge in [0.2, 0.25) is 0 Å². The number of aliphatic hydroxyl groups excluding tert-OH is 1. The number of hydrogen-bond donors (Lipinski definition) is 1. The van der Waals surface area contributed by atoms with Crippen LogP contribution in [0.3, 0.4) is 0 Å². The van der Waals surface area contributed by atoms with Crippen molar-refractivity contribution in [2.24, 2.45) is 0 Å². The third-order valence-corrected chi connectivity index (χ3v) is 6.12. The lowest BCUT2D eigenvalue weighted by Crippen LogP contribution is -2.30. The Kier molecular flexibility index (Phi) is 7.08. The number of amides is 2.